The summed E-state index contributed by atoms with van der Waals surface area (Å²) in [5.74, 6) is 0.477. The van der Waals surface area contributed by atoms with Crippen LogP contribution in [-0.2, 0) is 4.79 Å². The second-order valence-electron chi connectivity index (χ2n) is 4.70. The highest BCUT2D eigenvalue weighted by molar-refractivity contribution is 5.92. The van der Waals surface area contributed by atoms with E-state index < -0.39 is 0 Å². The molecule has 0 radical (unpaired) electrons. The molecule has 2 aromatic rings. The predicted octanol–water partition coefficient (Wildman–Crippen LogP) is 2.94. The summed E-state index contributed by atoms with van der Waals surface area (Å²) in [6.07, 6.45) is 0.876. The third-order valence-electron chi connectivity index (χ3n) is 3.05. The highest BCUT2D eigenvalue weighted by atomic mass is 16.5. The number of nitrogens with one attached hydrogen (secondary N) is 1. The third-order valence-corrected chi connectivity index (χ3v) is 3.05. The Balaban J connectivity index is 1.77. The fraction of sp³-hybridized carbons (Fsp3) is 0.176. The molecule has 112 valence electrons. The summed E-state index contributed by atoms with van der Waals surface area (Å²) in [6.45, 7) is 0.404. The minimum atomic E-state index is -0.146. The zero-order valence-electron chi connectivity index (χ0n) is 12.1. The van der Waals surface area contributed by atoms with E-state index in [-0.39, 0.29) is 5.91 Å². The Labute approximate surface area is 129 Å². The van der Waals surface area contributed by atoms with Gasteiger partial charge in [-0.3, -0.25) is 4.79 Å². The van der Waals surface area contributed by atoms with Crippen LogP contribution in [0.4, 0.5) is 11.4 Å². The van der Waals surface area contributed by atoms with Gasteiger partial charge in [0.2, 0.25) is 5.91 Å². The molecule has 0 saturated carbocycles. The molecule has 0 atom stereocenters. The molecule has 5 heteroatoms. The summed E-state index contributed by atoms with van der Waals surface area (Å²) in [6, 6.07) is 16.2. The van der Waals surface area contributed by atoms with Gasteiger partial charge in [-0.05, 0) is 30.7 Å². The van der Waals surface area contributed by atoms with Crippen molar-refractivity contribution < 1.29 is 9.53 Å². The monoisotopic (exact) mass is 295 g/mol. The number of nitrogens with zero attached hydrogens (tertiary/aromatic N) is 1. The van der Waals surface area contributed by atoms with Crippen molar-refractivity contribution in [2.75, 3.05) is 17.7 Å². The second-order valence-corrected chi connectivity index (χ2v) is 4.70. The van der Waals surface area contributed by atoms with E-state index in [1.165, 1.54) is 0 Å². The molecule has 5 nitrogen and oxygen atoms in total. The molecule has 2 rings (SSSR count). The van der Waals surface area contributed by atoms with E-state index in [1.807, 2.05) is 18.2 Å². The zero-order valence-corrected chi connectivity index (χ0v) is 12.1. The Bertz CT molecular complexity index is 692. The standard InChI is InChI=1S/C17H17N3O2/c18-12-13-6-1-3-8-15(13)20-17(21)10-5-11-22-16-9-4-2-7-14(16)19/h1-4,6-9H,5,10-11,19H2,(H,20,21). The highest BCUT2D eigenvalue weighted by Crippen LogP contribution is 2.20. The molecule has 0 heterocycles. The van der Waals surface area contributed by atoms with Gasteiger partial charge in [0.15, 0.2) is 0 Å². The van der Waals surface area contributed by atoms with E-state index in [2.05, 4.69) is 5.32 Å². The Morgan fingerprint density at radius 1 is 1.18 bits per heavy atom. The molecule has 0 aromatic heterocycles. The third kappa shape index (κ3) is 4.25. The van der Waals surface area contributed by atoms with Crippen molar-refractivity contribution in [3.05, 3.63) is 54.1 Å². The largest absolute Gasteiger partial charge is 0.491 e. The van der Waals surface area contributed by atoms with Crippen molar-refractivity contribution in [1.82, 2.24) is 0 Å². The van der Waals surface area contributed by atoms with E-state index in [0.717, 1.165) is 0 Å². The average molecular weight is 295 g/mol. The molecule has 0 unspecified atom stereocenters. The molecular weight excluding hydrogens is 278 g/mol. The number of hydrogen-bond acceptors (Lipinski definition) is 4. The summed E-state index contributed by atoms with van der Waals surface area (Å²) < 4.78 is 5.52. The van der Waals surface area contributed by atoms with Crippen LogP contribution in [0.1, 0.15) is 18.4 Å². The first-order valence-electron chi connectivity index (χ1n) is 6.97. The first kappa shape index (κ1) is 15.4. The Hall–Kier alpha value is -3.00. The first-order valence-corrected chi connectivity index (χ1v) is 6.97. The predicted molar refractivity (Wildman–Crippen MR) is 85.4 cm³/mol. The lowest BCUT2D eigenvalue weighted by atomic mass is 10.2. The van der Waals surface area contributed by atoms with Gasteiger partial charge in [0.05, 0.1) is 23.5 Å². The number of hydrogen-bond donors (Lipinski definition) is 2. The quantitative estimate of drug-likeness (QED) is 0.633. The number of nitrogen functional groups attached to an aromatic ring is 1. The molecule has 0 aliphatic carbocycles. The first-order chi connectivity index (χ1) is 10.7. The fourth-order valence-electron chi connectivity index (χ4n) is 1.93. The normalized spacial score (nSPS) is 9.77. The van der Waals surface area contributed by atoms with Crippen molar-refractivity contribution in [1.29, 1.82) is 5.26 Å². The Morgan fingerprint density at radius 2 is 1.91 bits per heavy atom. The molecular formula is C17H17N3O2. The van der Waals surface area contributed by atoms with Crippen LogP contribution in [0.2, 0.25) is 0 Å². The summed E-state index contributed by atoms with van der Waals surface area (Å²) in [5, 5.41) is 11.7. The number of anilines is 2. The lowest BCUT2D eigenvalue weighted by Gasteiger charge is -2.09. The maximum absolute atomic E-state index is 11.9. The lowest BCUT2D eigenvalue weighted by molar-refractivity contribution is -0.116. The second kappa shape index (κ2) is 7.70. The van der Waals surface area contributed by atoms with Gasteiger partial charge in [-0.2, -0.15) is 5.26 Å². The number of nitriles is 1. The molecule has 0 aliphatic rings. The van der Waals surface area contributed by atoms with Crippen LogP contribution in [0.5, 0.6) is 5.75 Å². The van der Waals surface area contributed by atoms with Gasteiger partial charge in [0, 0.05) is 6.42 Å². The van der Waals surface area contributed by atoms with Crippen LogP contribution in [0.3, 0.4) is 0 Å². The van der Waals surface area contributed by atoms with Crippen LogP contribution >= 0.6 is 0 Å². The number of benzene rings is 2. The minimum Gasteiger partial charge on any atom is -0.491 e. The van der Waals surface area contributed by atoms with Crippen LogP contribution in [0.25, 0.3) is 0 Å². The van der Waals surface area contributed by atoms with Crippen molar-refractivity contribution in [3.63, 3.8) is 0 Å². The molecule has 1 amide bonds. The summed E-state index contributed by atoms with van der Waals surface area (Å²) >= 11 is 0. The van der Waals surface area contributed by atoms with E-state index in [1.54, 1.807) is 36.4 Å². The fourth-order valence-corrected chi connectivity index (χ4v) is 1.93. The number of ether oxygens (including phenoxy) is 1. The van der Waals surface area contributed by atoms with Gasteiger partial charge < -0.3 is 15.8 Å². The topological polar surface area (TPSA) is 88.1 Å². The van der Waals surface area contributed by atoms with Crippen molar-refractivity contribution in [2.24, 2.45) is 0 Å². The molecule has 3 N–H and O–H groups in total. The summed E-state index contributed by atoms with van der Waals surface area (Å²) in [7, 11) is 0. The smallest absolute Gasteiger partial charge is 0.224 e. The summed E-state index contributed by atoms with van der Waals surface area (Å²) in [4.78, 5) is 11.9. The van der Waals surface area contributed by atoms with Gasteiger partial charge in [-0.15, -0.1) is 0 Å². The molecule has 0 spiro atoms. The molecule has 0 saturated heterocycles. The molecule has 0 aliphatic heterocycles. The minimum absolute atomic E-state index is 0.146. The number of rotatable bonds is 6. The highest BCUT2D eigenvalue weighted by Gasteiger charge is 2.06. The van der Waals surface area contributed by atoms with Crippen molar-refractivity contribution in [2.45, 2.75) is 12.8 Å². The molecule has 0 fully saturated rings. The van der Waals surface area contributed by atoms with E-state index in [4.69, 9.17) is 15.7 Å². The molecule has 2 aromatic carbocycles. The Kier molecular flexibility index (Phi) is 5.38. The van der Waals surface area contributed by atoms with Gasteiger partial charge in [-0.1, -0.05) is 24.3 Å². The Morgan fingerprint density at radius 3 is 2.68 bits per heavy atom. The molecule has 0 bridgehead atoms. The van der Waals surface area contributed by atoms with Crippen LogP contribution in [0.15, 0.2) is 48.5 Å². The van der Waals surface area contributed by atoms with Gasteiger partial charge in [0.25, 0.3) is 0 Å². The van der Waals surface area contributed by atoms with Gasteiger partial charge in [-0.25, -0.2) is 0 Å². The SMILES string of the molecule is N#Cc1ccccc1NC(=O)CCCOc1ccccc1N. The van der Waals surface area contributed by atoms with Crippen molar-refractivity contribution >= 4 is 17.3 Å². The number of carbonyl (C=O) groups excluding carboxylic acids is 1. The van der Waals surface area contributed by atoms with Crippen LogP contribution in [-0.4, -0.2) is 12.5 Å². The van der Waals surface area contributed by atoms with Gasteiger partial charge in [0.1, 0.15) is 11.8 Å². The number of carbonyl (C=O) groups is 1. The van der Waals surface area contributed by atoms with E-state index in [9.17, 15) is 4.79 Å². The van der Waals surface area contributed by atoms with E-state index >= 15 is 0 Å². The summed E-state index contributed by atoms with van der Waals surface area (Å²) in [5.41, 5.74) is 7.32. The zero-order chi connectivity index (χ0) is 15.8. The van der Waals surface area contributed by atoms with E-state index in [0.29, 0.717) is 42.1 Å². The maximum atomic E-state index is 11.9. The number of amides is 1. The van der Waals surface area contributed by atoms with Crippen molar-refractivity contribution in [3.8, 4) is 11.8 Å². The average Bonchev–Trinajstić information content (AvgIpc) is 2.53. The maximum Gasteiger partial charge on any atom is 0.224 e. The van der Waals surface area contributed by atoms with Gasteiger partial charge >= 0.3 is 0 Å². The number of nitrogens with two attached hydrogens (primary N) is 1. The molecule has 22 heavy (non-hydrogen) atoms. The number of para-hydroxylation sites is 3. The lowest BCUT2D eigenvalue weighted by Crippen LogP contribution is -2.13. The van der Waals surface area contributed by atoms with Crippen LogP contribution < -0.4 is 15.8 Å². The van der Waals surface area contributed by atoms with Crippen LogP contribution in [0, 0.1) is 11.3 Å².